The summed E-state index contributed by atoms with van der Waals surface area (Å²) < 4.78 is 0. The summed E-state index contributed by atoms with van der Waals surface area (Å²) in [4.78, 5) is 30.2. The number of imidazole rings is 1. The summed E-state index contributed by atoms with van der Waals surface area (Å²) in [6.45, 7) is 0. The molecule has 3 rings (SSSR count). The molecule has 0 saturated carbocycles. The van der Waals surface area contributed by atoms with Gasteiger partial charge in [-0.05, 0) is 24.3 Å². The first-order valence-electron chi connectivity index (χ1n) is 6.23. The van der Waals surface area contributed by atoms with E-state index in [1.165, 1.54) is 6.07 Å². The molecule has 0 bridgehead atoms. The van der Waals surface area contributed by atoms with Crippen LogP contribution in [0.15, 0.2) is 48.5 Å². The van der Waals surface area contributed by atoms with Crippen LogP contribution in [0.3, 0.4) is 0 Å². The van der Waals surface area contributed by atoms with E-state index in [9.17, 15) is 9.59 Å². The van der Waals surface area contributed by atoms with Gasteiger partial charge in [-0.2, -0.15) is 0 Å². The highest BCUT2D eigenvalue weighted by molar-refractivity contribution is 6.05. The van der Waals surface area contributed by atoms with Gasteiger partial charge in [0, 0.05) is 5.56 Å². The molecule has 0 spiro atoms. The lowest BCUT2D eigenvalue weighted by Gasteiger charge is -2.00. The van der Waals surface area contributed by atoms with Gasteiger partial charge in [-0.15, -0.1) is 0 Å². The summed E-state index contributed by atoms with van der Waals surface area (Å²) in [5.41, 5.74) is 1.45. The number of rotatable bonds is 3. The summed E-state index contributed by atoms with van der Waals surface area (Å²) in [5.74, 6) is -1.16. The van der Waals surface area contributed by atoms with Crippen molar-refractivity contribution in [2.75, 3.05) is 5.32 Å². The molecule has 0 atom stereocenters. The fourth-order valence-electron chi connectivity index (χ4n) is 2.03. The maximum atomic E-state index is 12.0. The average molecular weight is 281 g/mol. The number of carbonyl (C=O) groups excluding carboxylic acids is 1. The third-order valence-corrected chi connectivity index (χ3v) is 3.01. The Balaban J connectivity index is 1.94. The minimum Gasteiger partial charge on any atom is -0.478 e. The molecular formula is C15H11N3O3. The summed E-state index contributed by atoms with van der Waals surface area (Å²) >= 11 is 0. The Morgan fingerprint density at radius 2 is 1.81 bits per heavy atom. The number of carboxylic acid groups (broad SMARTS) is 1. The number of hydrogen-bond acceptors (Lipinski definition) is 3. The molecule has 6 nitrogen and oxygen atoms in total. The number of fused-ring (bicyclic) bond motifs is 1. The maximum Gasteiger partial charge on any atom is 0.337 e. The summed E-state index contributed by atoms with van der Waals surface area (Å²) in [6, 6.07) is 13.5. The van der Waals surface area contributed by atoms with E-state index in [1.807, 2.05) is 6.07 Å². The second-order valence-electron chi connectivity index (χ2n) is 4.41. The number of para-hydroxylation sites is 1. The molecule has 3 aromatic rings. The van der Waals surface area contributed by atoms with Crippen LogP contribution in [0.5, 0.6) is 0 Å². The van der Waals surface area contributed by atoms with Crippen LogP contribution in [0.4, 0.5) is 5.95 Å². The predicted molar refractivity (Wildman–Crippen MR) is 77.4 cm³/mol. The lowest BCUT2D eigenvalue weighted by Crippen LogP contribution is -2.12. The first-order chi connectivity index (χ1) is 10.1. The first kappa shape index (κ1) is 12.9. The van der Waals surface area contributed by atoms with Crippen molar-refractivity contribution in [3.8, 4) is 0 Å². The molecular weight excluding hydrogens is 270 g/mol. The van der Waals surface area contributed by atoms with Gasteiger partial charge in [-0.25, -0.2) is 9.78 Å². The first-order valence-corrected chi connectivity index (χ1v) is 6.23. The van der Waals surface area contributed by atoms with E-state index in [2.05, 4.69) is 15.3 Å². The Bertz CT molecular complexity index is 825. The molecule has 0 aliphatic carbocycles. The van der Waals surface area contributed by atoms with E-state index in [-0.39, 0.29) is 17.4 Å². The van der Waals surface area contributed by atoms with Crippen molar-refractivity contribution in [3.05, 3.63) is 59.7 Å². The van der Waals surface area contributed by atoms with Gasteiger partial charge < -0.3 is 10.1 Å². The predicted octanol–water partition coefficient (Wildman–Crippen LogP) is 2.51. The number of anilines is 1. The van der Waals surface area contributed by atoms with E-state index >= 15 is 0 Å². The monoisotopic (exact) mass is 281 g/mol. The molecule has 21 heavy (non-hydrogen) atoms. The van der Waals surface area contributed by atoms with E-state index in [0.29, 0.717) is 16.6 Å². The molecule has 0 radical (unpaired) electrons. The fraction of sp³-hybridized carbons (Fsp3) is 0. The second-order valence-corrected chi connectivity index (χ2v) is 4.41. The Labute approximate surface area is 119 Å². The Morgan fingerprint density at radius 3 is 2.52 bits per heavy atom. The van der Waals surface area contributed by atoms with Crippen molar-refractivity contribution in [1.29, 1.82) is 0 Å². The van der Waals surface area contributed by atoms with E-state index in [4.69, 9.17) is 5.11 Å². The molecule has 2 aromatic carbocycles. The lowest BCUT2D eigenvalue weighted by atomic mass is 10.2. The number of carboxylic acids is 1. The van der Waals surface area contributed by atoms with Gasteiger partial charge in [0.25, 0.3) is 5.91 Å². The van der Waals surface area contributed by atoms with Gasteiger partial charge in [0.1, 0.15) is 5.52 Å². The molecule has 0 aliphatic rings. The Morgan fingerprint density at radius 1 is 1.05 bits per heavy atom. The fourth-order valence-corrected chi connectivity index (χ4v) is 2.03. The number of carbonyl (C=O) groups is 2. The zero-order valence-corrected chi connectivity index (χ0v) is 10.8. The topological polar surface area (TPSA) is 95.1 Å². The average Bonchev–Trinajstić information content (AvgIpc) is 2.89. The molecule has 0 saturated heterocycles. The van der Waals surface area contributed by atoms with E-state index in [0.717, 1.165) is 0 Å². The smallest absolute Gasteiger partial charge is 0.337 e. The highest BCUT2D eigenvalue weighted by Gasteiger charge is 2.14. The number of aromatic carboxylic acids is 1. The molecule has 0 fully saturated rings. The van der Waals surface area contributed by atoms with Gasteiger partial charge >= 0.3 is 5.97 Å². The van der Waals surface area contributed by atoms with Crippen LogP contribution >= 0.6 is 0 Å². The Kier molecular flexibility index (Phi) is 3.12. The van der Waals surface area contributed by atoms with Crippen molar-refractivity contribution < 1.29 is 14.7 Å². The number of H-pyrrole nitrogens is 1. The van der Waals surface area contributed by atoms with Crippen LogP contribution in [-0.4, -0.2) is 27.0 Å². The quantitative estimate of drug-likeness (QED) is 0.687. The molecule has 1 heterocycles. The Hall–Kier alpha value is -3.15. The van der Waals surface area contributed by atoms with Crippen molar-refractivity contribution in [2.24, 2.45) is 0 Å². The highest BCUT2D eigenvalue weighted by Crippen LogP contribution is 2.19. The number of hydrogen-bond donors (Lipinski definition) is 3. The third-order valence-electron chi connectivity index (χ3n) is 3.01. The molecule has 3 N–H and O–H groups in total. The highest BCUT2D eigenvalue weighted by atomic mass is 16.4. The van der Waals surface area contributed by atoms with Gasteiger partial charge in [-0.3, -0.25) is 10.1 Å². The zero-order valence-electron chi connectivity index (χ0n) is 10.8. The van der Waals surface area contributed by atoms with E-state index in [1.54, 1.807) is 36.4 Å². The van der Waals surface area contributed by atoms with Crippen molar-refractivity contribution >= 4 is 28.9 Å². The van der Waals surface area contributed by atoms with Crippen LogP contribution in [0.2, 0.25) is 0 Å². The number of aromatic nitrogens is 2. The number of nitrogens with one attached hydrogen (secondary N) is 2. The lowest BCUT2D eigenvalue weighted by molar-refractivity contribution is 0.0698. The van der Waals surface area contributed by atoms with Crippen molar-refractivity contribution in [2.45, 2.75) is 0 Å². The van der Waals surface area contributed by atoms with Crippen LogP contribution in [-0.2, 0) is 0 Å². The number of nitrogens with zero attached hydrogens (tertiary/aromatic N) is 1. The molecule has 0 unspecified atom stereocenters. The number of aromatic amines is 1. The van der Waals surface area contributed by atoms with Gasteiger partial charge in [0.15, 0.2) is 0 Å². The largest absolute Gasteiger partial charge is 0.478 e. The van der Waals surface area contributed by atoms with Crippen molar-refractivity contribution in [3.63, 3.8) is 0 Å². The van der Waals surface area contributed by atoms with Crippen LogP contribution in [0, 0.1) is 0 Å². The molecule has 1 amide bonds. The van der Waals surface area contributed by atoms with Crippen LogP contribution < -0.4 is 5.32 Å². The summed E-state index contributed by atoms with van der Waals surface area (Å²) in [7, 11) is 0. The van der Waals surface area contributed by atoms with Gasteiger partial charge in [0.05, 0.1) is 11.1 Å². The molecule has 0 aliphatic heterocycles. The van der Waals surface area contributed by atoms with Crippen molar-refractivity contribution in [1.82, 2.24) is 9.97 Å². The standard InChI is InChI=1S/C15H11N3O3/c19-13(9-5-2-1-3-6-9)18-15-16-11-8-4-7-10(14(20)21)12(11)17-15/h1-8H,(H,20,21)(H2,16,17,18,19). The summed E-state index contributed by atoms with van der Waals surface area (Å²) in [6.07, 6.45) is 0. The minimum absolute atomic E-state index is 0.0870. The number of benzene rings is 2. The molecule has 1 aromatic heterocycles. The molecule has 6 heteroatoms. The second kappa shape index (κ2) is 5.09. The van der Waals surface area contributed by atoms with Gasteiger partial charge in [-0.1, -0.05) is 24.3 Å². The van der Waals surface area contributed by atoms with Crippen LogP contribution in [0.1, 0.15) is 20.7 Å². The molecule has 104 valence electrons. The van der Waals surface area contributed by atoms with E-state index < -0.39 is 5.97 Å². The third kappa shape index (κ3) is 2.46. The maximum absolute atomic E-state index is 12.0. The van der Waals surface area contributed by atoms with Crippen LogP contribution in [0.25, 0.3) is 11.0 Å². The normalized spacial score (nSPS) is 10.5. The minimum atomic E-state index is -1.06. The SMILES string of the molecule is O=C(Nc1nc2c(C(=O)O)cccc2[nH]1)c1ccccc1. The zero-order chi connectivity index (χ0) is 14.8. The summed E-state index contributed by atoms with van der Waals surface area (Å²) in [5, 5.41) is 11.7. The van der Waals surface area contributed by atoms with Gasteiger partial charge in [0.2, 0.25) is 5.95 Å². The number of amides is 1.